The standard InChI is InChI=1S/C23H22N6O2/c1-31-20-9-2-17(3-10-20)4-11-23(30)28-19-7-5-18(6-8-19)27-21-14-22(26-15-25-21)29-13-12-24-16-29/h2-3,5-10,12-16H,4,11H2,1H3,(H,28,30)(H,25,26,27). The van der Waals surface area contributed by atoms with Gasteiger partial charge in [-0.05, 0) is 48.4 Å². The molecular weight excluding hydrogens is 392 g/mol. The summed E-state index contributed by atoms with van der Waals surface area (Å²) in [6.45, 7) is 0. The van der Waals surface area contributed by atoms with Crippen molar-refractivity contribution in [2.45, 2.75) is 12.8 Å². The van der Waals surface area contributed by atoms with Gasteiger partial charge in [-0.25, -0.2) is 15.0 Å². The van der Waals surface area contributed by atoms with E-state index < -0.39 is 0 Å². The maximum absolute atomic E-state index is 12.3. The number of imidazole rings is 1. The molecule has 31 heavy (non-hydrogen) atoms. The third kappa shape index (κ3) is 5.45. The average Bonchev–Trinajstić information content (AvgIpc) is 3.35. The zero-order valence-electron chi connectivity index (χ0n) is 17.0. The fourth-order valence-corrected chi connectivity index (χ4v) is 3.01. The van der Waals surface area contributed by atoms with Crippen LogP contribution in [0.4, 0.5) is 17.2 Å². The first-order chi connectivity index (χ1) is 15.2. The fraction of sp³-hybridized carbons (Fsp3) is 0.130. The molecule has 0 atom stereocenters. The number of carbonyl (C=O) groups is 1. The Labute approximate surface area is 180 Å². The van der Waals surface area contributed by atoms with Crippen LogP contribution in [0, 0.1) is 0 Å². The zero-order chi connectivity index (χ0) is 21.5. The van der Waals surface area contributed by atoms with Crippen LogP contribution in [0.2, 0.25) is 0 Å². The van der Waals surface area contributed by atoms with Gasteiger partial charge in [-0.1, -0.05) is 12.1 Å². The van der Waals surface area contributed by atoms with Crippen LogP contribution in [0.5, 0.6) is 5.75 Å². The normalized spacial score (nSPS) is 10.5. The van der Waals surface area contributed by atoms with Gasteiger partial charge in [0.05, 0.1) is 7.11 Å². The van der Waals surface area contributed by atoms with Crippen molar-refractivity contribution in [1.82, 2.24) is 19.5 Å². The van der Waals surface area contributed by atoms with E-state index in [1.54, 1.807) is 24.2 Å². The van der Waals surface area contributed by atoms with Crippen molar-refractivity contribution in [3.8, 4) is 11.6 Å². The minimum Gasteiger partial charge on any atom is -0.497 e. The smallest absolute Gasteiger partial charge is 0.224 e. The van der Waals surface area contributed by atoms with Crippen molar-refractivity contribution in [2.24, 2.45) is 0 Å². The number of carbonyl (C=O) groups excluding carboxylic acids is 1. The van der Waals surface area contributed by atoms with E-state index in [1.807, 2.05) is 60.8 Å². The molecule has 0 saturated carbocycles. The van der Waals surface area contributed by atoms with Crippen LogP contribution in [0.25, 0.3) is 5.82 Å². The largest absolute Gasteiger partial charge is 0.497 e. The van der Waals surface area contributed by atoms with Gasteiger partial charge >= 0.3 is 0 Å². The van der Waals surface area contributed by atoms with Gasteiger partial charge in [0.2, 0.25) is 5.91 Å². The average molecular weight is 414 g/mol. The molecule has 0 unspecified atom stereocenters. The van der Waals surface area contributed by atoms with Gasteiger partial charge in [0.15, 0.2) is 0 Å². The van der Waals surface area contributed by atoms with E-state index in [9.17, 15) is 4.79 Å². The van der Waals surface area contributed by atoms with Crippen LogP contribution in [0.15, 0.2) is 79.6 Å². The minimum atomic E-state index is -0.0303. The fourth-order valence-electron chi connectivity index (χ4n) is 3.01. The topological polar surface area (TPSA) is 94.0 Å². The van der Waals surface area contributed by atoms with Gasteiger partial charge < -0.3 is 15.4 Å². The van der Waals surface area contributed by atoms with E-state index in [1.165, 1.54) is 6.33 Å². The molecular formula is C23H22N6O2. The first kappa shape index (κ1) is 20.1. The summed E-state index contributed by atoms with van der Waals surface area (Å²) in [7, 11) is 1.63. The van der Waals surface area contributed by atoms with Crippen molar-refractivity contribution in [1.29, 1.82) is 0 Å². The number of methoxy groups -OCH3 is 1. The highest BCUT2D eigenvalue weighted by Crippen LogP contribution is 2.19. The molecule has 2 aromatic heterocycles. The number of benzene rings is 2. The number of nitrogens with one attached hydrogen (secondary N) is 2. The van der Waals surface area contributed by atoms with E-state index in [-0.39, 0.29) is 5.91 Å². The molecule has 156 valence electrons. The number of aryl methyl sites for hydroxylation is 1. The highest BCUT2D eigenvalue weighted by Gasteiger charge is 2.05. The second-order valence-electron chi connectivity index (χ2n) is 6.83. The summed E-state index contributed by atoms with van der Waals surface area (Å²) in [5.41, 5.74) is 2.69. The van der Waals surface area contributed by atoms with Crippen molar-refractivity contribution in [3.63, 3.8) is 0 Å². The van der Waals surface area contributed by atoms with Gasteiger partial charge in [0, 0.05) is 36.3 Å². The minimum absolute atomic E-state index is 0.0303. The van der Waals surface area contributed by atoms with Gasteiger partial charge in [-0.3, -0.25) is 9.36 Å². The predicted molar refractivity (Wildman–Crippen MR) is 119 cm³/mol. The highest BCUT2D eigenvalue weighted by molar-refractivity contribution is 5.91. The van der Waals surface area contributed by atoms with E-state index in [2.05, 4.69) is 25.6 Å². The molecule has 8 nitrogen and oxygen atoms in total. The van der Waals surface area contributed by atoms with Gasteiger partial charge in [0.1, 0.15) is 30.0 Å². The van der Waals surface area contributed by atoms with Gasteiger partial charge in [-0.15, -0.1) is 0 Å². The third-order valence-corrected chi connectivity index (χ3v) is 4.66. The summed E-state index contributed by atoms with van der Waals surface area (Å²) in [4.78, 5) is 24.8. The molecule has 0 saturated heterocycles. The molecule has 0 spiro atoms. The Morgan fingerprint density at radius 3 is 2.52 bits per heavy atom. The van der Waals surface area contributed by atoms with Crippen molar-refractivity contribution in [2.75, 3.05) is 17.7 Å². The molecule has 2 heterocycles. The number of amides is 1. The molecule has 0 radical (unpaired) electrons. The first-order valence-electron chi connectivity index (χ1n) is 9.80. The van der Waals surface area contributed by atoms with Crippen molar-refractivity contribution in [3.05, 3.63) is 85.2 Å². The Morgan fingerprint density at radius 1 is 1.03 bits per heavy atom. The molecule has 0 aliphatic carbocycles. The molecule has 2 aromatic carbocycles. The number of anilines is 3. The lowest BCUT2D eigenvalue weighted by atomic mass is 10.1. The molecule has 0 fully saturated rings. The van der Waals surface area contributed by atoms with Crippen LogP contribution < -0.4 is 15.4 Å². The zero-order valence-corrected chi connectivity index (χ0v) is 17.0. The Morgan fingerprint density at radius 2 is 1.81 bits per heavy atom. The quantitative estimate of drug-likeness (QED) is 0.453. The Kier molecular flexibility index (Phi) is 6.18. The van der Waals surface area contributed by atoms with E-state index in [0.29, 0.717) is 18.7 Å². The second-order valence-corrected chi connectivity index (χ2v) is 6.83. The van der Waals surface area contributed by atoms with Crippen LogP contribution in [-0.4, -0.2) is 32.5 Å². The van der Waals surface area contributed by atoms with Crippen molar-refractivity contribution >= 4 is 23.1 Å². The summed E-state index contributed by atoms with van der Waals surface area (Å²) in [5.74, 6) is 2.16. The molecule has 0 bridgehead atoms. The maximum atomic E-state index is 12.3. The molecule has 2 N–H and O–H groups in total. The first-order valence-corrected chi connectivity index (χ1v) is 9.80. The van der Waals surface area contributed by atoms with Gasteiger partial charge in [0.25, 0.3) is 0 Å². The lowest BCUT2D eigenvalue weighted by molar-refractivity contribution is -0.116. The molecule has 0 aliphatic rings. The number of ether oxygens (including phenoxy) is 1. The van der Waals surface area contributed by atoms with E-state index in [4.69, 9.17) is 4.74 Å². The highest BCUT2D eigenvalue weighted by atomic mass is 16.5. The number of rotatable bonds is 8. The van der Waals surface area contributed by atoms with E-state index in [0.717, 1.165) is 28.5 Å². The van der Waals surface area contributed by atoms with Crippen LogP contribution in [-0.2, 0) is 11.2 Å². The summed E-state index contributed by atoms with van der Waals surface area (Å²) in [6, 6.07) is 17.0. The number of hydrogen-bond donors (Lipinski definition) is 2. The number of hydrogen-bond acceptors (Lipinski definition) is 6. The lowest BCUT2D eigenvalue weighted by Crippen LogP contribution is -2.12. The monoisotopic (exact) mass is 414 g/mol. The second kappa shape index (κ2) is 9.53. The van der Waals surface area contributed by atoms with Crippen molar-refractivity contribution < 1.29 is 9.53 Å². The summed E-state index contributed by atoms with van der Waals surface area (Å²) >= 11 is 0. The SMILES string of the molecule is COc1ccc(CCC(=O)Nc2ccc(Nc3cc(-n4ccnc4)ncn3)cc2)cc1. The third-order valence-electron chi connectivity index (χ3n) is 4.66. The predicted octanol–water partition coefficient (Wildman–Crippen LogP) is 3.99. The Balaban J connectivity index is 1.30. The lowest BCUT2D eigenvalue weighted by Gasteiger charge is -2.09. The number of aromatic nitrogens is 4. The number of nitrogens with zero attached hydrogens (tertiary/aromatic N) is 4. The summed E-state index contributed by atoms with van der Waals surface area (Å²) < 4.78 is 6.95. The van der Waals surface area contributed by atoms with Crippen LogP contribution in [0.1, 0.15) is 12.0 Å². The van der Waals surface area contributed by atoms with Crippen LogP contribution >= 0.6 is 0 Å². The maximum Gasteiger partial charge on any atom is 0.224 e. The van der Waals surface area contributed by atoms with E-state index >= 15 is 0 Å². The Hall–Kier alpha value is -4.20. The van der Waals surface area contributed by atoms with Gasteiger partial charge in [-0.2, -0.15) is 0 Å². The molecule has 0 aliphatic heterocycles. The molecule has 1 amide bonds. The Bertz CT molecular complexity index is 1130. The molecule has 4 rings (SSSR count). The molecule has 4 aromatic rings. The summed E-state index contributed by atoms with van der Waals surface area (Å²) in [6.07, 6.45) is 7.76. The van der Waals surface area contributed by atoms with Crippen LogP contribution in [0.3, 0.4) is 0 Å². The summed E-state index contributed by atoms with van der Waals surface area (Å²) in [5, 5.41) is 6.16. The molecule has 8 heteroatoms.